The molecular formula is C18H22N2O4S. The number of aliphatic hydroxyl groups is 1. The van der Waals surface area contributed by atoms with Gasteiger partial charge in [0.05, 0.1) is 4.90 Å². The zero-order valence-electron chi connectivity index (χ0n) is 14.2. The molecule has 0 spiro atoms. The highest BCUT2D eigenvalue weighted by atomic mass is 32.2. The van der Waals surface area contributed by atoms with Crippen LogP contribution in [0.3, 0.4) is 0 Å². The lowest BCUT2D eigenvalue weighted by Crippen LogP contribution is -2.26. The Hall–Kier alpha value is -2.38. The highest BCUT2D eigenvalue weighted by Gasteiger charge is 2.18. The van der Waals surface area contributed by atoms with Crippen LogP contribution in [-0.2, 0) is 10.0 Å². The molecule has 0 unspecified atom stereocenters. The average molecular weight is 362 g/mol. The first-order valence-electron chi connectivity index (χ1n) is 7.92. The largest absolute Gasteiger partial charge is 0.396 e. The van der Waals surface area contributed by atoms with E-state index in [0.29, 0.717) is 29.8 Å². The lowest BCUT2D eigenvalue weighted by atomic mass is 10.1. The summed E-state index contributed by atoms with van der Waals surface area (Å²) in [6.07, 6.45) is 0.442. The molecule has 0 saturated heterocycles. The zero-order chi connectivity index (χ0) is 18.4. The Kier molecular flexibility index (Phi) is 6.17. The van der Waals surface area contributed by atoms with Crippen molar-refractivity contribution in [3.8, 4) is 0 Å². The normalized spacial score (nSPS) is 11.2. The van der Waals surface area contributed by atoms with E-state index in [0.717, 1.165) is 5.56 Å². The number of rotatable bonds is 7. The van der Waals surface area contributed by atoms with E-state index in [2.05, 4.69) is 10.0 Å². The number of benzene rings is 2. The van der Waals surface area contributed by atoms with E-state index < -0.39 is 10.0 Å². The SMILES string of the molecule is Cc1ccc(NS(=O)(=O)c2ccc(C)c(C(=O)NCCCO)c2)cc1. The Labute approximate surface area is 147 Å². The number of hydrogen-bond acceptors (Lipinski definition) is 4. The Bertz CT molecular complexity index is 846. The molecule has 25 heavy (non-hydrogen) atoms. The zero-order valence-corrected chi connectivity index (χ0v) is 15.1. The molecule has 0 bridgehead atoms. The third-order valence-electron chi connectivity index (χ3n) is 3.69. The van der Waals surface area contributed by atoms with Crippen molar-refractivity contribution < 1.29 is 18.3 Å². The van der Waals surface area contributed by atoms with Crippen molar-refractivity contribution in [2.75, 3.05) is 17.9 Å². The second-order valence-corrected chi connectivity index (χ2v) is 7.46. The molecule has 0 fully saturated rings. The Morgan fingerprint density at radius 2 is 1.76 bits per heavy atom. The quantitative estimate of drug-likeness (QED) is 0.658. The first-order chi connectivity index (χ1) is 11.8. The van der Waals surface area contributed by atoms with Crippen molar-refractivity contribution in [2.45, 2.75) is 25.2 Å². The van der Waals surface area contributed by atoms with Gasteiger partial charge >= 0.3 is 0 Å². The molecule has 7 heteroatoms. The molecule has 6 nitrogen and oxygen atoms in total. The molecular weight excluding hydrogens is 340 g/mol. The number of anilines is 1. The van der Waals surface area contributed by atoms with Gasteiger partial charge in [-0.15, -0.1) is 0 Å². The van der Waals surface area contributed by atoms with Gasteiger partial charge in [-0.3, -0.25) is 9.52 Å². The first-order valence-corrected chi connectivity index (χ1v) is 9.41. The molecule has 0 aliphatic rings. The summed E-state index contributed by atoms with van der Waals surface area (Å²) in [5.41, 5.74) is 2.46. The minimum atomic E-state index is -3.79. The molecule has 2 aromatic rings. The van der Waals surface area contributed by atoms with Gasteiger partial charge in [-0.1, -0.05) is 23.8 Å². The Morgan fingerprint density at radius 3 is 2.40 bits per heavy atom. The number of nitrogens with one attached hydrogen (secondary N) is 2. The molecule has 0 aromatic heterocycles. The van der Waals surface area contributed by atoms with Crippen LogP contribution in [-0.4, -0.2) is 32.6 Å². The average Bonchev–Trinajstić information content (AvgIpc) is 2.57. The van der Waals surface area contributed by atoms with Crippen molar-refractivity contribution in [1.29, 1.82) is 0 Å². The molecule has 0 radical (unpaired) electrons. The Morgan fingerprint density at radius 1 is 1.08 bits per heavy atom. The monoisotopic (exact) mass is 362 g/mol. The fourth-order valence-electron chi connectivity index (χ4n) is 2.22. The lowest BCUT2D eigenvalue weighted by molar-refractivity contribution is 0.0950. The predicted molar refractivity (Wildman–Crippen MR) is 97.2 cm³/mol. The lowest BCUT2D eigenvalue weighted by Gasteiger charge is -2.12. The highest BCUT2D eigenvalue weighted by molar-refractivity contribution is 7.92. The van der Waals surface area contributed by atoms with Gasteiger partial charge in [0.15, 0.2) is 0 Å². The second-order valence-electron chi connectivity index (χ2n) is 5.78. The molecule has 2 rings (SSSR count). The number of aliphatic hydroxyl groups excluding tert-OH is 1. The fourth-order valence-corrected chi connectivity index (χ4v) is 3.31. The number of hydrogen-bond donors (Lipinski definition) is 3. The summed E-state index contributed by atoms with van der Waals surface area (Å²) in [4.78, 5) is 12.2. The van der Waals surface area contributed by atoms with Gasteiger partial charge in [-0.25, -0.2) is 8.42 Å². The van der Waals surface area contributed by atoms with Crippen molar-refractivity contribution in [3.63, 3.8) is 0 Å². The molecule has 1 amide bonds. The molecule has 2 aromatic carbocycles. The van der Waals surface area contributed by atoms with Crippen LogP contribution in [0.4, 0.5) is 5.69 Å². The third kappa shape index (κ3) is 5.04. The van der Waals surface area contributed by atoms with Crippen LogP contribution in [0.2, 0.25) is 0 Å². The number of amides is 1. The van der Waals surface area contributed by atoms with Crippen molar-refractivity contribution in [1.82, 2.24) is 5.32 Å². The van der Waals surface area contributed by atoms with Crippen LogP contribution in [0.15, 0.2) is 47.4 Å². The van der Waals surface area contributed by atoms with Gasteiger partial charge in [0.1, 0.15) is 0 Å². The molecule has 134 valence electrons. The standard InChI is InChI=1S/C18H22N2O4S/c1-13-4-7-15(8-5-13)20-25(23,24)16-9-6-14(2)17(12-16)18(22)19-10-3-11-21/h4-9,12,20-21H,3,10-11H2,1-2H3,(H,19,22). The van der Waals surface area contributed by atoms with Crippen LogP contribution >= 0.6 is 0 Å². The maximum atomic E-state index is 12.6. The van der Waals surface area contributed by atoms with E-state index in [-0.39, 0.29) is 17.4 Å². The topological polar surface area (TPSA) is 95.5 Å². The summed E-state index contributed by atoms with van der Waals surface area (Å²) in [6, 6.07) is 11.4. The van der Waals surface area contributed by atoms with Crippen molar-refractivity contribution in [2.24, 2.45) is 0 Å². The first kappa shape index (κ1) is 19.0. The molecule has 0 aliphatic heterocycles. The molecule has 0 heterocycles. The second kappa shape index (κ2) is 8.13. The number of carbonyl (C=O) groups excluding carboxylic acids is 1. The number of aryl methyl sites for hydroxylation is 2. The van der Waals surface area contributed by atoms with Gasteiger partial charge < -0.3 is 10.4 Å². The van der Waals surface area contributed by atoms with Crippen molar-refractivity contribution >= 4 is 21.6 Å². The van der Waals surface area contributed by atoms with Gasteiger partial charge in [0, 0.05) is 24.4 Å². The number of carbonyl (C=O) groups is 1. The highest BCUT2D eigenvalue weighted by Crippen LogP contribution is 2.19. The van der Waals surface area contributed by atoms with Crippen LogP contribution in [0.25, 0.3) is 0 Å². The maximum absolute atomic E-state index is 12.6. The minimum absolute atomic E-state index is 0.0194. The summed E-state index contributed by atoms with van der Waals surface area (Å²) >= 11 is 0. The summed E-state index contributed by atoms with van der Waals surface area (Å²) in [7, 11) is -3.79. The molecule has 0 atom stereocenters. The van der Waals surface area contributed by atoms with Gasteiger partial charge in [0.2, 0.25) is 0 Å². The van der Waals surface area contributed by atoms with Gasteiger partial charge in [0.25, 0.3) is 15.9 Å². The molecule has 0 aliphatic carbocycles. The molecule has 3 N–H and O–H groups in total. The summed E-state index contributed by atoms with van der Waals surface area (Å²) in [5.74, 6) is -0.363. The van der Waals surface area contributed by atoms with E-state index in [1.807, 2.05) is 19.1 Å². The van der Waals surface area contributed by atoms with Crippen LogP contribution < -0.4 is 10.0 Å². The number of sulfonamides is 1. The van der Waals surface area contributed by atoms with E-state index in [4.69, 9.17) is 5.11 Å². The van der Waals surface area contributed by atoms with Crippen LogP contribution in [0.1, 0.15) is 27.9 Å². The van der Waals surface area contributed by atoms with E-state index in [1.54, 1.807) is 25.1 Å². The Balaban J connectivity index is 2.24. The van der Waals surface area contributed by atoms with Crippen LogP contribution in [0.5, 0.6) is 0 Å². The van der Waals surface area contributed by atoms with Gasteiger partial charge in [-0.05, 0) is 50.1 Å². The minimum Gasteiger partial charge on any atom is -0.396 e. The predicted octanol–water partition coefficient (Wildman–Crippen LogP) is 2.22. The smallest absolute Gasteiger partial charge is 0.261 e. The van der Waals surface area contributed by atoms with E-state index in [9.17, 15) is 13.2 Å². The van der Waals surface area contributed by atoms with E-state index >= 15 is 0 Å². The van der Waals surface area contributed by atoms with Gasteiger partial charge in [-0.2, -0.15) is 0 Å². The van der Waals surface area contributed by atoms with Crippen molar-refractivity contribution in [3.05, 3.63) is 59.2 Å². The van der Waals surface area contributed by atoms with Crippen LogP contribution in [0, 0.1) is 13.8 Å². The summed E-state index contributed by atoms with van der Waals surface area (Å²) < 4.78 is 27.6. The van der Waals surface area contributed by atoms with E-state index in [1.165, 1.54) is 12.1 Å². The maximum Gasteiger partial charge on any atom is 0.261 e. The summed E-state index contributed by atoms with van der Waals surface area (Å²) in [6.45, 7) is 3.96. The molecule has 0 saturated carbocycles. The third-order valence-corrected chi connectivity index (χ3v) is 5.07. The summed E-state index contributed by atoms with van der Waals surface area (Å²) in [5, 5.41) is 11.4. The fraction of sp³-hybridized carbons (Fsp3) is 0.278.